The van der Waals surface area contributed by atoms with E-state index < -0.39 is 5.97 Å². The van der Waals surface area contributed by atoms with Crippen LogP contribution in [0.15, 0.2) is 0 Å². The van der Waals surface area contributed by atoms with Gasteiger partial charge in [-0.1, -0.05) is 20.8 Å². The van der Waals surface area contributed by atoms with Gasteiger partial charge in [0, 0.05) is 6.54 Å². The molecule has 0 heterocycles. The Hall–Kier alpha value is -0.570. The molecule has 0 aliphatic heterocycles. The van der Waals surface area contributed by atoms with Crippen LogP contribution in [0, 0.1) is 11.8 Å². The Balaban J connectivity index is 3.61. The van der Waals surface area contributed by atoms with Crippen molar-refractivity contribution in [2.24, 2.45) is 11.8 Å². The molecule has 0 amide bonds. The van der Waals surface area contributed by atoms with Crippen LogP contribution in [0.2, 0.25) is 0 Å². The molecule has 78 valence electrons. The summed E-state index contributed by atoms with van der Waals surface area (Å²) in [4.78, 5) is 12.6. The molecule has 0 saturated carbocycles. The molecule has 0 aliphatic rings. The van der Waals surface area contributed by atoms with Gasteiger partial charge >= 0.3 is 5.97 Å². The zero-order valence-corrected chi connectivity index (χ0v) is 9.08. The lowest BCUT2D eigenvalue weighted by atomic mass is 10.1. The van der Waals surface area contributed by atoms with E-state index >= 15 is 0 Å². The van der Waals surface area contributed by atoms with Crippen LogP contribution in [0.5, 0.6) is 0 Å². The van der Waals surface area contributed by atoms with E-state index in [1.165, 1.54) is 0 Å². The molecule has 0 fully saturated rings. The summed E-state index contributed by atoms with van der Waals surface area (Å²) in [7, 11) is 1.97. The van der Waals surface area contributed by atoms with Crippen molar-refractivity contribution in [2.45, 2.75) is 27.2 Å². The van der Waals surface area contributed by atoms with E-state index in [0.29, 0.717) is 12.5 Å². The number of carbonyl (C=O) groups is 1. The summed E-state index contributed by atoms with van der Waals surface area (Å²) in [5.41, 5.74) is 0. The third-order valence-electron chi connectivity index (χ3n) is 2.10. The highest BCUT2D eigenvalue weighted by Crippen LogP contribution is 2.03. The molecule has 3 heteroatoms. The van der Waals surface area contributed by atoms with Crippen LogP contribution in [-0.4, -0.2) is 36.1 Å². The van der Waals surface area contributed by atoms with Gasteiger partial charge in [0.05, 0.1) is 5.92 Å². The van der Waals surface area contributed by atoms with Gasteiger partial charge < -0.3 is 10.0 Å². The molecule has 0 aromatic heterocycles. The minimum atomic E-state index is -0.712. The number of aliphatic carboxylic acids is 1. The van der Waals surface area contributed by atoms with Crippen LogP contribution < -0.4 is 0 Å². The van der Waals surface area contributed by atoms with Crippen molar-refractivity contribution in [3.05, 3.63) is 0 Å². The number of hydrogen-bond donors (Lipinski definition) is 1. The zero-order chi connectivity index (χ0) is 10.4. The highest BCUT2D eigenvalue weighted by molar-refractivity contribution is 5.69. The maximum atomic E-state index is 10.5. The summed E-state index contributed by atoms with van der Waals surface area (Å²) >= 11 is 0. The van der Waals surface area contributed by atoms with E-state index in [1.807, 2.05) is 7.05 Å². The number of nitrogens with zero attached hydrogens (tertiary/aromatic N) is 1. The fraction of sp³-hybridized carbons (Fsp3) is 0.900. The third-order valence-corrected chi connectivity index (χ3v) is 2.10. The first kappa shape index (κ1) is 12.4. The fourth-order valence-corrected chi connectivity index (χ4v) is 1.12. The second-order valence-corrected chi connectivity index (χ2v) is 4.18. The fourth-order valence-electron chi connectivity index (χ4n) is 1.12. The minimum absolute atomic E-state index is 0.267. The van der Waals surface area contributed by atoms with E-state index in [4.69, 9.17) is 5.11 Å². The van der Waals surface area contributed by atoms with Gasteiger partial charge in [-0.3, -0.25) is 4.79 Å². The molecular formula is C10H21NO2. The molecular weight excluding hydrogens is 166 g/mol. The Bertz CT molecular complexity index is 157. The van der Waals surface area contributed by atoms with E-state index in [-0.39, 0.29) is 5.92 Å². The Kier molecular flexibility index (Phi) is 5.71. The van der Waals surface area contributed by atoms with Gasteiger partial charge in [-0.05, 0) is 25.9 Å². The average molecular weight is 187 g/mol. The average Bonchev–Trinajstić information content (AvgIpc) is 2.00. The molecule has 13 heavy (non-hydrogen) atoms. The first-order chi connectivity index (χ1) is 5.93. The first-order valence-electron chi connectivity index (χ1n) is 4.84. The highest BCUT2D eigenvalue weighted by atomic mass is 16.4. The highest BCUT2D eigenvalue weighted by Gasteiger charge is 2.13. The van der Waals surface area contributed by atoms with Crippen LogP contribution in [0.3, 0.4) is 0 Å². The molecule has 0 aromatic carbocycles. The SMILES string of the molecule is CC(C)CCN(C)CC(C)C(=O)O. The predicted octanol–water partition coefficient (Wildman–Crippen LogP) is 1.69. The van der Waals surface area contributed by atoms with E-state index in [1.54, 1.807) is 6.92 Å². The standard InChI is InChI=1S/C10H21NO2/c1-8(2)5-6-11(4)7-9(3)10(12)13/h8-9H,5-7H2,1-4H3,(H,12,13). The Labute approximate surface area is 80.7 Å². The number of hydrogen-bond acceptors (Lipinski definition) is 2. The van der Waals surface area contributed by atoms with Gasteiger partial charge in [0.15, 0.2) is 0 Å². The van der Waals surface area contributed by atoms with Crippen molar-refractivity contribution in [2.75, 3.05) is 20.1 Å². The monoisotopic (exact) mass is 187 g/mol. The van der Waals surface area contributed by atoms with E-state index in [2.05, 4.69) is 18.7 Å². The maximum absolute atomic E-state index is 10.5. The van der Waals surface area contributed by atoms with Gasteiger partial charge in [-0.25, -0.2) is 0 Å². The summed E-state index contributed by atoms with van der Waals surface area (Å²) in [6.07, 6.45) is 1.13. The molecule has 1 unspecified atom stereocenters. The van der Waals surface area contributed by atoms with Crippen molar-refractivity contribution in [3.8, 4) is 0 Å². The van der Waals surface area contributed by atoms with Gasteiger partial charge in [0.1, 0.15) is 0 Å². The minimum Gasteiger partial charge on any atom is -0.481 e. The smallest absolute Gasteiger partial charge is 0.307 e. The molecule has 0 aliphatic carbocycles. The lowest BCUT2D eigenvalue weighted by Gasteiger charge is -2.19. The molecule has 3 nitrogen and oxygen atoms in total. The van der Waals surface area contributed by atoms with Gasteiger partial charge in [-0.15, -0.1) is 0 Å². The second-order valence-electron chi connectivity index (χ2n) is 4.18. The van der Waals surface area contributed by atoms with Crippen LogP contribution in [0.4, 0.5) is 0 Å². The Morgan fingerprint density at radius 2 is 1.92 bits per heavy atom. The van der Waals surface area contributed by atoms with Crippen molar-refractivity contribution in [3.63, 3.8) is 0 Å². The lowest BCUT2D eigenvalue weighted by Crippen LogP contribution is -2.29. The number of carboxylic acid groups (broad SMARTS) is 1. The van der Waals surface area contributed by atoms with Crippen molar-refractivity contribution >= 4 is 5.97 Å². The summed E-state index contributed by atoms with van der Waals surface area (Å²) in [6.45, 7) is 7.72. The van der Waals surface area contributed by atoms with Crippen molar-refractivity contribution in [1.82, 2.24) is 4.90 Å². The van der Waals surface area contributed by atoms with E-state index in [0.717, 1.165) is 13.0 Å². The third kappa shape index (κ3) is 6.58. The lowest BCUT2D eigenvalue weighted by molar-refractivity contribution is -0.141. The molecule has 0 radical (unpaired) electrons. The number of rotatable bonds is 6. The zero-order valence-electron chi connectivity index (χ0n) is 9.08. The first-order valence-corrected chi connectivity index (χ1v) is 4.84. The van der Waals surface area contributed by atoms with E-state index in [9.17, 15) is 4.79 Å². The predicted molar refractivity (Wildman–Crippen MR) is 53.8 cm³/mol. The molecule has 0 spiro atoms. The van der Waals surface area contributed by atoms with Crippen LogP contribution in [-0.2, 0) is 4.79 Å². The second kappa shape index (κ2) is 5.97. The Morgan fingerprint density at radius 1 is 1.38 bits per heavy atom. The topological polar surface area (TPSA) is 40.5 Å². The van der Waals surface area contributed by atoms with Crippen LogP contribution in [0.25, 0.3) is 0 Å². The van der Waals surface area contributed by atoms with Gasteiger partial charge in [-0.2, -0.15) is 0 Å². The van der Waals surface area contributed by atoms with Gasteiger partial charge in [0.2, 0.25) is 0 Å². The van der Waals surface area contributed by atoms with Crippen LogP contribution >= 0.6 is 0 Å². The molecule has 0 rings (SSSR count). The molecule has 0 bridgehead atoms. The van der Waals surface area contributed by atoms with Crippen LogP contribution in [0.1, 0.15) is 27.2 Å². The normalized spacial score (nSPS) is 13.7. The quantitative estimate of drug-likeness (QED) is 0.688. The Morgan fingerprint density at radius 3 is 2.31 bits per heavy atom. The summed E-state index contributed by atoms with van der Waals surface area (Å²) in [5.74, 6) is -0.295. The summed E-state index contributed by atoms with van der Waals surface area (Å²) in [6, 6.07) is 0. The molecule has 1 atom stereocenters. The van der Waals surface area contributed by atoms with Crippen molar-refractivity contribution in [1.29, 1.82) is 0 Å². The maximum Gasteiger partial charge on any atom is 0.307 e. The van der Waals surface area contributed by atoms with Gasteiger partial charge in [0.25, 0.3) is 0 Å². The number of carboxylic acids is 1. The molecule has 0 aromatic rings. The summed E-state index contributed by atoms with van der Waals surface area (Å²) in [5, 5.41) is 8.68. The largest absolute Gasteiger partial charge is 0.481 e. The molecule has 1 N–H and O–H groups in total. The summed E-state index contributed by atoms with van der Waals surface area (Å²) < 4.78 is 0. The molecule has 0 saturated heterocycles. The van der Waals surface area contributed by atoms with Crippen molar-refractivity contribution < 1.29 is 9.90 Å².